The Morgan fingerprint density at radius 1 is 1.00 bits per heavy atom. The van der Waals surface area contributed by atoms with E-state index in [-0.39, 0.29) is 5.91 Å². The van der Waals surface area contributed by atoms with Gasteiger partial charge in [-0.1, -0.05) is 42.5 Å². The van der Waals surface area contributed by atoms with Gasteiger partial charge in [0, 0.05) is 10.9 Å². The fraction of sp³-hybridized carbons (Fsp3) is 0.0500. The number of anilines is 1. The van der Waals surface area contributed by atoms with Crippen molar-refractivity contribution < 1.29 is 14.3 Å². The topological polar surface area (TPSA) is 68.3 Å². The number of ether oxygens (including phenoxy) is 1. The number of nitrogens with zero attached hydrogens (tertiary/aromatic N) is 1. The Kier molecular flexibility index (Phi) is 4.70. The predicted molar refractivity (Wildman–Crippen MR) is 109 cm³/mol. The first-order valence-corrected chi connectivity index (χ1v) is 9.78. The van der Waals surface area contributed by atoms with E-state index in [1.165, 1.54) is 18.4 Å². The quantitative estimate of drug-likeness (QED) is 0.491. The fourth-order valence-electron chi connectivity index (χ4n) is 2.73. The number of benzene rings is 2. The highest BCUT2D eigenvalue weighted by molar-refractivity contribution is 7.16. The predicted octanol–water partition coefficient (Wildman–Crippen LogP) is 5.06. The van der Waals surface area contributed by atoms with Gasteiger partial charge in [-0.05, 0) is 22.9 Å². The van der Waals surface area contributed by atoms with E-state index in [9.17, 15) is 9.59 Å². The van der Waals surface area contributed by atoms with Crippen molar-refractivity contribution in [3.8, 4) is 11.3 Å². The van der Waals surface area contributed by atoms with Gasteiger partial charge in [0.1, 0.15) is 4.88 Å². The standard InChI is InChI=1S/C20H14N2O3S2/c1-25-19(24)17-10-9-16(27-17)18(23)22-20-21-15(11-26-20)14-8-4-6-12-5-2-3-7-13(12)14/h2-11H,1H3,(H,21,22,23). The van der Waals surface area contributed by atoms with Crippen molar-refractivity contribution in [1.82, 2.24) is 4.98 Å². The molecule has 5 nitrogen and oxygen atoms in total. The van der Waals surface area contributed by atoms with Gasteiger partial charge >= 0.3 is 5.97 Å². The molecule has 0 fully saturated rings. The number of nitrogens with one attached hydrogen (secondary N) is 1. The lowest BCUT2D eigenvalue weighted by Gasteiger charge is -2.03. The molecule has 2 aromatic heterocycles. The first-order chi connectivity index (χ1) is 13.2. The van der Waals surface area contributed by atoms with Crippen molar-refractivity contribution in [3.63, 3.8) is 0 Å². The minimum Gasteiger partial charge on any atom is -0.465 e. The van der Waals surface area contributed by atoms with E-state index < -0.39 is 5.97 Å². The van der Waals surface area contributed by atoms with Gasteiger partial charge in [0.05, 0.1) is 17.7 Å². The number of aromatic nitrogens is 1. The highest BCUT2D eigenvalue weighted by atomic mass is 32.1. The van der Waals surface area contributed by atoms with Gasteiger partial charge in [0.2, 0.25) is 0 Å². The van der Waals surface area contributed by atoms with Gasteiger partial charge in [-0.15, -0.1) is 22.7 Å². The molecule has 0 bridgehead atoms. The van der Waals surface area contributed by atoms with E-state index in [0.717, 1.165) is 33.4 Å². The Balaban J connectivity index is 1.57. The van der Waals surface area contributed by atoms with Crippen molar-refractivity contribution >= 4 is 50.5 Å². The highest BCUT2D eigenvalue weighted by Gasteiger charge is 2.16. The van der Waals surface area contributed by atoms with Crippen molar-refractivity contribution in [3.05, 3.63) is 69.7 Å². The molecule has 134 valence electrons. The number of amides is 1. The van der Waals surface area contributed by atoms with Crippen LogP contribution in [-0.4, -0.2) is 24.0 Å². The molecule has 0 saturated carbocycles. The molecule has 0 aliphatic carbocycles. The van der Waals surface area contributed by atoms with E-state index >= 15 is 0 Å². The summed E-state index contributed by atoms with van der Waals surface area (Å²) in [4.78, 5) is 29.3. The third kappa shape index (κ3) is 3.47. The Hall–Kier alpha value is -3.03. The van der Waals surface area contributed by atoms with Gasteiger partial charge in [-0.2, -0.15) is 0 Å². The van der Waals surface area contributed by atoms with Crippen molar-refractivity contribution in [1.29, 1.82) is 0 Å². The zero-order valence-corrected chi connectivity index (χ0v) is 15.9. The number of carbonyl (C=O) groups is 2. The van der Waals surface area contributed by atoms with Crippen molar-refractivity contribution in [2.75, 3.05) is 12.4 Å². The summed E-state index contributed by atoms with van der Waals surface area (Å²) in [7, 11) is 1.31. The van der Waals surface area contributed by atoms with E-state index in [1.54, 1.807) is 12.1 Å². The molecule has 0 aliphatic rings. The van der Waals surface area contributed by atoms with Crippen LogP contribution in [0.5, 0.6) is 0 Å². The highest BCUT2D eigenvalue weighted by Crippen LogP contribution is 2.31. The lowest BCUT2D eigenvalue weighted by Crippen LogP contribution is -2.09. The molecular formula is C20H14N2O3S2. The summed E-state index contributed by atoms with van der Waals surface area (Å²) in [5.41, 5.74) is 1.84. The number of esters is 1. The Labute approximate surface area is 163 Å². The molecule has 4 rings (SSSR count). The molecule has 27 heavy (non-hydrogen) atoms. The van der Waals surface area contributed by atoms with Crippen LogP contribution >= 0.6 is 22.7 Å². The van der Waals surface area contributed by atoms with Gasteiger partial charge in [-0.25, -0.2) is 9.78 Å². The third-order valence-electron chi connectivity index (χ3n) is 4.01. The number of hydrogen-bond donors (Lipinski definition) is 1. The number of fused-ring (bicyclic) bond motifs is 1. The average Bonchev–Trinajstić information content (AvgIpc) is 3.37. The van der Waals surface area contributed by atoms with E-state index in [0.29, 0.717) is 14.9 Å². The maximum Gasteiger partial charge on any atom is 0.348 e. The van der Waals surface area contributed by atoms with Gasteiger partial charge in [0.15, 0.2) is 5.13 Å². The molecule has 0 saturated heterocycles. The van der Waals surface area contributed by atoms with E-state index in [1.807, 2.05) is 29.6 Å². The number of rotatable bonds is 4. The number of methoxy groups -OCH3 is 1. The van der Waals surface area contributed by atoms with E-state index in [4.69, 9.17) is 0 Å². The number of thiazole rings is 1. The second-order valence-electron chi connectivity index (χ2n) is 5.67. The summed E-state index contributed by atoms with van der Waals surface area (Å²) in [5.74, 6) is -0.750. The van der Waals surface area contributed by atoms with Crippen molar-refractivity contribution in [2.45, 2.75) is 0 Å². The third-order valence-corrected chi connectivity index (χ3v) is 5.83. The average molecular weight is 394 g/mol. The molecule has 7 heteroatoms. The molecule has 0 radical (unpaired) electrons. The summed E-state index contributed by atoms with van der Waals surface area (Å²) in [6, 6.07) is 17.4. The maximum atomic E-state index is 12.4. The summed E-state index contributed by atoms with van der Waals surface area (Å²) in [5, 5.41) is 7.48. The molecule has 0 unspecified atom stereocenters. The Bertz CT molecular complexity index is 1140. The Morgan fingerprint density at radius 2 is 1.78 bits per heavy atom. The number of hydrogen-bond acceptors (Lipinski definition) is 6. The van der Waals surface area contributed by atoms with Crippen LogP contribution in [0.25, 0.3) is 22.0 Å². The van der Waals surface area contributed by atoms with Crippen LogP contribution < -0.4 is 5.32 Å². The van der Waals surface area contributed by atoms with Crippen LogP contribution in [0.3, 0.4) is 0 Å². The minimum atomic E-state index is -0.452. The van der Waals surface area contributed by atoms with Crippen LogP contribution in [0, 0.1) is 0 Å². The summed E-state index contributed by atoms with van der Waals surface area (Å²) in [6.07, 6.45) is 0. The summed E-state index contributed by atoms with van der Waals surface area (Å²) < 4.78 is 4.66. The molecule has 0 atom stereocenters. The smallest absolute Gasteiger partial charge is 0.348 e. The minimum absolute atomic E-state index is 0.297. The molecule has 4 aromatic rings. The zero-order chi connectivity index (χ0) is 18.8. The molecular weight excluding hydrogens is 380 g/mol. The number of carbonyl (C=O) groups excluding carboxylic acids is 2. The lowest BCUT2D eigenvalue weighted by molar-refractivity contribution is 0.0606. The van der Waals surface area contributed by atoms with Gasteiger partial charge in [0.25, 0.3) is 5.91 Å². The van der Waals surface area contributed by atoms with Crippen LogP contribution in [0.15, 0.2) is 60.0 Å². The van der Waals surface area contributed by atoms with Crippen LogP contribution in [-0.2, 0) is 4.74 Å². The molecule has 1 amide bonds. The van der Waals surface area contributed by atoms with E-state index in [2.05, 4.69) is 33.2 Å². The maximum absolute atomic E-state index is 12.4. The normalized spacial score (nSPS) is 10.7. The van der Waals surface area contributed by atoms with Crippen LogP contribution in [0.2, 0.25) is 0 Å². The lowest BCUT2D eigenvalue weighted by atomic mass is 10.0. The first-order valence-electron chi connectivity index (χ1n) is 8.09. The summed E-state index contributed by atoms with van der Waals surface area (Å²) >= 11 is 2.45. The largest absolute Gasteiger partial charge is 0.465 e. The van der Waals surface area contributed by atoms with Crippen LogP contribution in [0.4, 0.5) is 5.13 Å². The second-order valence-corrected chi connectivity index (χ2v) is 7.62. The SMILES string of the molecule is COC(=O)c1ccc(C(=O)Nc2nc(-c3cccc4ccccc34)cs2)s1. The molecule has 2 aromatic carbocycles. The monoisotopic (exact) mass is 394 g/mol. The van der Waals surface area contributed by atoms with Gasteiger partial charge < -0.3 is 4.74 Å². The fourth-order valence-corrected chi connectivity index (χ4v) is 4.26. The molecule has 0 aliphatic heterocycles. The second kappa shape index (κ2) is 7.30. The van der Waals surface area contributed by atoms with Crippen LogP contribution in [0.1, 0.15) is 19.3 Å². The Morgan fingerprint density at radius 3 is 2.63 bits per heavy atom. The van der Waals surface area contributed by atoms with Gasteiger partial charge in [-0.3, -0.25) is 10.1 Å². The van der Waals surface area contributed by atoms with Crippen molar-refractivity contribution in [2.24, 2.45) is 0 Å². The molecule has 0 spiro atoms. The molecule has 1 N–H and O–H groups in total. The summed E-state index contributed by atoms with van der Waals surface area (Å²) in [6.45, 7) is 0. The first kappa shape index (κ1) is 17.4. The molecule has 2 heterocycles. The zero-order valence-electron chi connectivity index (χ0n) is 14.3. The number of thiophene rings is 1.